The van der Waals surface area contributed by atoms with Crippen molar-refractivity contribution in [2.45, 2.75) is 44.4 Å². The van der Waals surface area contributed by atoms with Gasteiger partial charge in [-0.1, -0.05) is 31.5 Å². The third kappa shape index (κ3) is 2.58. The van der Waals surface area contributed by atoms with Crippen molar-refractivity contribution < 1.29 is 0 Å². The third-order valence-corrected chi connectivity index (χ3v) is 5.44. The van der Waals surface area contributed by atoms with E-state index in [1.54, 1.807) is 0 Å². The van der Waals surface area contributed by atoms with Gasteiger partial charge in [0.15, 0.2) is 0 Å². The van der Waals surface area contributed by atoms with Crippen LogP contribution in [0.25, 0.3) is 10.9 Å². The first-order valence-corrected chi connectivity index (χ1v) is 8.17. The van der Waals surface area contributed by atoms with Gasteiger partial charge in [-0.2, -0.15) is 5.10 Å². The smallest absolute Gasteiger partial charge is 0.0706 e. The first kappa shape index (κ1) is 13.9. The van der Waals surface area contributed by atoms with Crippen molar-refractivity contribution in [1.29, 1.82) is 0 Å². The van der Waals surface area contributed by atoms with Gasteiger partial charge in [0.25, 0.3) is 0 Å². The summed E-state index contributed by atoms with van der Waals surface area (Å²) < 4.78 is 1.99. The molecule has 1 heterocycles. The lowest BCUT2D eigenvalue weighted by Crippen LogP contribution is -2.27. The van der Waals surface area contributed by atoms with Crippen molar-refractivity contribution in [3.8, 4) is 0 Å². The van der Waals surface area contributed by atoms with E-state index in [-0.39, 0.29) is 0 Å². The normalized spacial score (nSPS) is 27.1. The summed E-state index contributed by atoms with van der Waals surface area (Å²) in [6.45, 7) is 2.30. The van der Waals surface area contributed by atoms with Crippen LogP contribution in [0.5, 0.6) is 0 Å². The van der Waals surface area contributed by atoms with E-state index in [1.807, 2.05) is 11.7 Å². The van der Waals surface area contributed by atoms with E-state index in [0.29, 0.717) is 11.3 Å². The van der Waals surface area contributed by atoms with Crippen molar-refractivity contribution in [3.63, 3.8) is 0 Å². The molecule has 1 aliphatic carbocycles. The van der Waals surface area contributed by atoms with E-state index in [2.05, 4.69) is 31.2 Å². The van der Waals surface area contributed by atoms with Gasteiger partial charge in [-0.3, -0.25) is 4.68 Å². The highest BCUT2D eigenvalue weighted by atomic mass is 35.5. The van der Waals surface area contributed by atoms with Crippen LogP contribution in [0, 0.1) is 11.8 Å². The zero-order valence-electron chi connectivity index (χ0n) is 12.3. The van der Waals surface area contributed by atoms with Gasteiger partial charge in [-0.25, -0.2) is 0 Å². The highest BCUT2D eigenvalue weighted by Gasteiger charge is 2.29. The average Bonchev–Trinajstić information content (AvgIpc) is 2.78. The molecule has 2 aromatic rings. The fourth-order valence-corrected chi connectivity index (χ4v) is 3.91. The van der Waals surface area contributed by atoms with Gasteiger partial charge in [-0.05, 0) is 43.6 Å². The highest BCUT2D eigenvalue weighted by Crippen LogP contribution is 2.37. The molecule has 0 saturated heterocycles. The summed E-state index contributed by atoms with van der Waals surface area (Å²) in [4.78, 5) is 0. The number of halogens is 1. The first-order valence-electron chi connectivity index (χ1n) is 7.73. The Kier molecular flexibility index (Phi) is 4.02. The molecule has 0 spiro atoms. The molecule has 3 heteroatoms. The summed E-state index contributed by atoms with van der Waals surface area (Å²) in [6, 6.07) is 8.49. The number of alkyl halides is 1. The van der Waals surface area contributed by atoms with E-state index >= 15 is 0 Å². The number of para-hydroxylation sites is 1. The second-order valence-corrected chi connectivity index (χ2v) is 6.72. The van der Waals surface area contributed by atoms with Crippen LogP contribution in [-0.4, -0.2) is 15.2 Å². The van der Waals surface area contributed by atoms with Gasteiger partial charge in [0.1, 0.15) is 0 Å². The fourth-order valence-electron chi connectivity index (χ4n) is 3.59. The van der Waals surface area contributed by atoms with Gasteiger partial charge in [0, 0.05) is 17.8 Å². The van der Waals surface area contributed by atoms with Crippen LogP contribution in [0.1, 0.15) is 38.3 Å². The molecule has 1 aromatic heterocycles. The zero-order chi connectivity index (χ0) is 14.1. The van der Waals surface area contributed by atoms with Crippen LogP contribution >= 0.6 is 11.6 Å². The summed E-state index contributed by atoms with van der Waals surface area (Å²) >= 11 is 6.58. The fraction of sp³-hybridized carbons (Fsp3) is 0.588. The maximum atomic E-state index is 6.58. The predicted octanol–water partition coefficient (Wildman–Crippen LogP) is 4.55. The van der Waals surface area contributed by atoms with Crippen LogP contribution in [0.2, 0.25) is 0 Å². The minimum Gasteiger partial charge on any atom is -0.268 e. The van der Waals surface area contributed by atoms with Gasteiger partial charge >= 0.3 is 0 Å². The molecule has 1 aromatic carbocycles. The molecule has 0 radical (unpaired) electrons. The molecule has 3 rings (SSSR count). The van der Waals surface area contributed by atoms with E-state index in [9.17, 15) is 0 Å². The Bertz CT molecular complexity index is 590. The lowest BCUT2D eigenvalue weighted by atomic mass is 9.78. The van der Waals surface area contributed by atoms with Gasteiger partial charge in [0.2, 0.25) is 0 Å². The largest absolute Gasteiger partial charge is 0.268 e. The van der Waals surface area contributed by atoms with Crippen LogP contribution in [0.3, 0.4) is 0 Å². The van der Waals surface area contributed by atoms with Crippen molar-refractivity contribution in [1.82, 2.24) is 9.78 Å². The average molecular weight is 291 g/mol. The SMILES string of the molecule is CCC1CCC(Cl)C(Cc2nn(C)c3ccccc23)C1. The quantitative estimate of drug-likeness (QED) is 0.758. The number of benzene rings is 1. The molecule has 0 amide bonds. The number of aryl methyl sites for hydroxylation is 1. The molecule has 0 N–H and O–H groups in total. The molecule has 2 nitrogen and oxygen atoms in total. The summed E-state index contributed by atoms with van der Waals surface area (Å²) in [5.74, 6) is 1.43. The molecule has 0 bridgehead atoms. The maximum Gasteiger partial charge on any atom is 0.0706 e. The van der Waals surface area contributed by atoms with E-state index in [0.717, 1.165) is 18.8 Å². The lowest BCUT2D eigenvalue weighted by Gasteiger charge is -2.32. The van der Waals surface area contributed by atoms with Crippen molar-refractivity contribution >= 4 is 22.5 Å². The Hall–Kier alpha value is -1.02. The molecule has 0 aliphatic heterocycles. The summed E-state index contributed by atoms with van der Waals surface area (Å²) in [7, 11) is 2.03. The van der Waals surface area contributed by atoms with Crippen LogP contribution in [0.4, 0.5) is 0 Å². The summed E-state index contributed by atoms with van der Waals surface area (Å²) in [5.41, 5.74) is 2.44. The van der Waals surface area contributed by atoms with E-state index < -0.39 is 0 Å². The number of rotatable bonds is 3. The zero-order valence-corrected chi connectivity index (χ0v) is 13.1. The Morgan fingerprint density at radius 3 is 2.90 bits per heavy atom. The number of aromatic nitrogens is 2. The Balaban J connectivity index is 1.85. The number of hydrogen-bond acceptors (Lipinski definition) is 1. The molecule has 1 fully saturated rings. The number of fused-ring (bicyclic) bond motifs is 1. The molecule has 20 heavy (non-hydrogen) atoms. The summed E-state index contributed by atoms with van der Waals surface area (Å²) in [5, 5.41) is 6.33. The van der Waals surface area contributed by atoms with Gasteiger partial charge in [-0.15, -0.1) is 11.6 Å². The van der Waals surface area contributed by atoms with Crippen molar-refractivity contribution in [2.24, 2.45) is 18.9 Å². The van der Waals surface area contributed by atoms with Crippen molar-refractivity contribution in [2.75, 3.05) is 0 Å². The minimum atomic E-state index is 0.318. The Morgan fingerprint density at radius 2 is 2.10 bits per heavy atom. The first-order chi connectivity index (χ1) is 9.69. The Morgan fingerprint density at radius 1 is 1.30 bits per heavy atom. The van der Waals surface area contributed by atoms with Gasteiger partial charge < -0.3 is 0 Å². The maximum absolute atomic E-state index is 6.58. The number of nitrogens with zero attached hydrogens (tertiary/aromatic N) is 2. The third-order valence-electron chi connectivity index (χ3n) is 4.87. The number of hydrogen-bond donors (Lipinski definition) is 0. The summed E-state index contributed by atoms with van der Waals surface area (Å²) in [6.07, 6.45) is 6.02. The molecule has 1 saturated carbocycles. The lowest BCUT2D eigenvalue weighted by molar-refractivity contribution is 0.263. The minimum absolute atomic E-state index is 0.318. The topological polar surface area (TPSA) is 17.8 Å². The Labute approximate surface area is 126 Å². The second kappa shape index (κ2) is 5.77. The van der Waals surface area contributed by atoms with E-state index in [1.165, 1.54) is 35.9 Å². The van der Waals surface area contributed by atoms with Crippen LogP contribution < -0.4 is 0 Å². The standard InChI is InChI=1S/C17H23ClN2/c1-3-12-8-9-15(18)13(10-12)11-16-14-6-4-5-7-17(14)20(2)19-16/h4-7,12-13,15H,3,8-11H2,1-2H3. The predicted molar refractivity (Wildman–Crippen MR) is 85.2 cm³/mol. The molecule has 1 aliphatic rings. The van der Waals surface area contributed by atoms with E-state index in [4.69, 9.17) is 16.7 Å². The molecular weight excluding hydrogens is 268 g/mol. The monoisotopic (exact) mass is 290 g/mol. The molecule has 3 atom stereocenters. The molecule has 108 valence electrons. The van der Waals surface area contributed by atoms with Crippen molar-refractivity contribution in [3.05, 3.63) is 30.0 Å². The van der Waals surface area contributed by atoms with Crippen LogP contribution in [0.15, 0.2) is 24.3 Å². The second-order valence-electron chi connectivity index (χ2n) is 6.15. The van der Waals surface area contributed by atoms with Gasteiger partial charge in [0.05, 0.1) is 11.2 Å². The molecular formula is C17H23ClN2. The van der Waals surface area contributed by atoms with Crippen LogP contribution in [-0.2, 0) is 13.5 Å². The highest BCUT2D eigenvalue weighted by molar-refractivity contribution is 6.20. The molecule has 3 unspecified atom stereocenters.